The molecule has 1 heterocycles. The van der Waals surface area contributed by atoms with Crippen LogP contribution in [0.25, 0.3) is 22.8 Å². The highest BCUT2D eigenvalue weighted by Crippen LogP contribution is 2.22. The van der Waals surface area contributed by atoms with Crippen LogP contribution in [-0.2, 0) is 0 Å². The van der Waals surface area contributed by atoms with Crippen molar-refractivity contribution in [2.45, 2.75) is 0 Å². The molecule has 0 atom stereocenters. The van der Waals surface area contributed by atoms with Gasteiger partial charge in [0.1, 0.15) is 0 Å². The molecular formula is C15H10N4O. The molecule has 96 valence electrons. The maximum Gasteiger partial charge on any atom is 0.258 e. The van der Waals surface area contributed by atoms with Gasteiger partial charge in [-0.1, -0.05) is 5.16 Å². The summed E-state index contributed by atoms with van der Waals surface area (Å²) in [5, 5.41) is 12.7. The van der Waals surface area contributed by atoms with Crippen LogP contribution in [0.3, 0.4) is 0 Å². The van der Waals surface area contributed by atoms with Crippen LogP contribution < -0.4 is 5.73 Å². The predicted molar refractivity (Wildman–Crippen MR) is 74.3 cm³/mol. The Hall–Kier alpha value is -3.13. The summed E-state index contributed by atoms with van der Waals surface area (Å²) in [5.41, 5.74) is 8.52. The van der Waals surface area contributed by atoms with Crippen molar-refractivity contribution in [2.24, 2.45) is 0 Å². The topological polar surface area (TPSA) is 88.7 Å². The molecule has 2 N–H and O–H groups in total. The lowest BCUT2D eigenvalue weighted by molar-refractivity contribution is 0.432. The van der Waals surface area contributed by atoms with Gasteiger partial charge < -0.3 is 10.3 Å². The lowest BCUT2D eigenvalue weighted by atomic mass is 10.1. The van der Waals surface area contributed by atoms with Crippen molar-refractivity contribution in [3.8, 4) is 28.9 Å². The standard InChI is InChI=1S/C15H10N4O/c16-9-10-1-3-12(4-2-10)15-18-14(19-20-15)11-5-7-13(17)8-6-11/h1-8H,17H2. The van der Waals surface area contributed by atoms with E-state index in [0.717, 1.165) is 11.1 Å². The summed E-state index contributed by atoms with van der Waals surface area (Å²) in [5.74, 6) is 0.922. The largest absolute Gasteiger partial charge is 0.399 e. The molecule has 0 radical (unpaired) electrons. The predicted octanol–water partition coefficient (Wildman–Crippen LogP) is 2.86. The maximum absolute atomic E-state index is 8.76. The van der Waals surface area contributed by atoms with Crippen LogP contribution in [0.4, 0.5) is 5.69 Å². The summed E-state index contributed by atoms with van der Waals surface area (Å²) in [7, 11) is 0. The molecule has 5 nitrogen and oxygen atoms in total. The maximum atomic E-state index is 8.76. The Balaban J connectivity index is 1.93. The fourth-order valence-corrected chi connectivity index (χ4v) is 1.78. The molecule has 0 aliphatic heterocycles. The van der Waals surface area contributed by atoms with Crippen LogP contribution in [-0.4, -0.2) is 10.1 Å². The number of nitrogen functional groups attached to an aromatic ring is 1. The van der Waals surface area contributed by atoms with Gasteiger partial charge in [-0.05, 0) is 48.5 Å². The Morgan fingerprint density at radius 3 is 2.25 bits per heavy atom. The second-order valence-corrected chi connectivity index (χ2v) is 4.23. The minimum atomic E-state index is 0.418. The lowest BCUT2D eigenvalue weighted by Crippen LogP contribution is -1.85. The Labute approximate surface area is 115 Å². The van der Waals surface area contributed by atoms with Gasteiger partial charge >= 0.3 is 0 Å². The molecule has 0 bridgehead atoms. The van der Waals surface area contributed by atoms with E-state index in [1.807, 2.05) is 12.1 Å². The first-order valence-corrected chi connectivity index (χ1v) is 5.96. The van der Waals surface area contributed by atoms with Crippen molar-refractivity contribution in [3.05, 3.63) is 54.1 Å². The second-order valence-electron chi connectivity index (χ2n) is 4.23. The van der Waals surface area contributed by atoms with Gasteiger partial charge in [-0.2, -0.15) is 10.2 Å². The number of benzene rings is 2. The molecule has 0 spiro atoms. The number of anilines is 1. The van der Waals surface area contributed by atoms with Gasteiger partial charge in [0.05, 0.1) is 11.6 Å². The molecule has 20 heavy (non-hydrogen) atoms. The number of hydrogen-bond acceptors (Lipinski definition) is 5. The molecule has 0 aliphatic rings. The molecule has 1 aromatic heterocycles. The molecule has 5 heteroatoms. The van der Waals surface area contributed by atoms with E-state index in [1.165, 1.54) is 0 Å². The molecule has 0 aliphatic carbocycles. The van der Waals surface area contributed by atoms with Crippen molar-refractivity contribution in [3.63, 3.8) is 0 Å². The molecule has 0 fully saturated rings. The third-order valence-electron chi connectivity index (χ3n) is 2.86. The SMILES string of the molecule is N#Cc1ccc(-c2nc(-c3ccc(N)cc3)no2)cc1. The molecule has 0 saturated carbocycles. The number of aromatic nitrogens is 2. The van der Waals surface area contributed by atoms with Crippen LogP contribution in [0.1, 0.15) is 5.56 Å². The minimum absolute atomic E-state index is 0.418. The van der Waals surface area contributed by atoms with E-state index in [4.69, 9.17) is 15.5 Å². The van der Waals surface area contributed by atoms with Crippen molar-refractivity contribution in [1.82, 2.24) is 10.1 Å². The summed E-state index contributed by atoms with van der Waals surface area (Å²) < 4.78 is 5.23. The summed E-state index contributed by atoms with van der Waals surface area (Å²) in [6.45, 7) is 0. The molecule has 0 unspecified atom stereocenters. The van der Waals surface area contributed by atoms with Crippen molar-refractivity contribution >= 4 is 5.69 Å². The van der Waals surface area contributed by atoms with Crippen LogP contribution >= 0.6 is 0 Å². The summed E-state index contributed by atoms with van der Waals surface area (Å²) in [6.07, 6.45) is 0. The highest BCUT2D eigenvalue weighted by Gasteiger charge is 2.10. The first kappa shape index (κ1) is 11.9. The third-order valence-corrected chi connectivity index (χ3v) is 2.86. The first-order chi connectivity index (χ1) is 9.76. The molecule has 0 saturated heterocycles. The van der Waals surface area contributed by atoms with Crippen LogP contribution in [0.2, 0.25) is 0 Å². The van der Waals surface area contributed by atoms with E-state index in [0.29, 0.717) is 23.0 Å². The Kier molecular flexibility index (Phi) is 2.90. The fourth-order valence-electron chi connectivity index (χ4n) is 1.78. The van der Waals surface area contributed by atoms with Gasteiger partial charge in [0.25, 0.3) is 5.89 Å². The van der Waals surface area contributed by atoms with Crippen molar-refractivity contribution < 1.29 is 4.52 Å². The number of nitrogens with two attached hydrogens (primary N) is 1. The average molecular weight is 262 g/mol. The van der Waals surface area contributed by atoms with Gasteiger partial charge in [-0.3, -0.25) is 0 Å². The second kappa shape index (κ2) is 4.86. The number of rotatable bonds is 2. The lowest BCUT2D eigenvalue weighted by Gasteiger charge is -1.95. The van der Waals surface area contributed by atoms with E-state index in [-0.39, 0.29) is 0 Å². The van der Waals surface area contributed by atoms with Gasteiger partial charge in [0.2, 0.25) is 5.82 Å². The average Bonchev–Trinajstić information content (AvgIpc) is 2.98. The first-order valence-electron chi connectivity index (χ1n) is 5.96. The quantitative estimate of drug-likeness (QED) is 0.717. The van der Waals surface area contributed by atoms with E-state index in [9.17, 15) is 0 Å². The fraction of sp³-hybridized carbons (Fsp3) is 0. The monoisotopic (exact) mass is 262 g/mol. The van der Waals surface area contributed by atoms with Gasteiger partial charge in [-0.15, -0.1) is 0 Å². The Morgan fingerprint density at radius 2 is 1.60 bits per heavy atom. The summed E-state index contributed by atoms with van der Waals surface area (Å²) in [6, 6.07) is 16.3. The number of nitriles is 1. The Bertz CT molecular complexity index is 767. The third kappa shape index (κ3) is 2.22. The molecule has 3 aromatic rings. The van der Waals surface area contributed by atoms with Crippen LogP contribution in [0, 0.1) is 11.3 Å². The normalized spacial score (nSPS) is 10.2. The highest BCUT2D eigenvalue weighted by atomic mass is 16.5. The van der Waals surface area contributed by atoms with Crippen molar-refractivity contribution in [2.75, 3.05) is 5.73 Å². The molecule has 0 amide bonds. The van der Waals surface area contributed by atoms with E-state index in [2.05, 4.69) is 16.2 Å². The van der Waals surface area contributed by atoms with Crippen LogP contribution in [0.5, 0.6) is 0 Å². The molecule has 2 aromatic carbocycles. The summed E-state index contributed by atoms with van der Waals surface area (Å²) in [4.78, 5) is 4.33. The minimum Gasteiger partial charge on any atom is -0.399 e. The summed E-state index contributed by atoms with van der Waals surface area (Å²) >= 11 is 0. The van der Waals surface area contributed by atoms with E-state index >= 15 is 0 Å². The number of hydrogen-bond donors (Lipinski definition) is 1. The zero-order chi connectivity index (χ0) is 13.9. The van der Waals surface area contributed by atoms with E-state index in [1.54, 1.807) is 36.4 Å². The smallest absolute Gasteiger partial charge is 0.258 e. The Morgan fingerprint density at radius 1 is 0.950 bits per heavy atom. The van der Waals surface area contributed by atoms with Gasteiger partial charge in [0.15, 0.2) is 0 Å². The van der Waals surface area contributed by atoms with Crippen LogP contribution in [0.15, 0.2) is 53.1 Å². The van der Waals surface area contributed by atoms with Gasteiger partial charge in [-0.25, -0.2) is 0 Å². The van der Waals surface area contributed by atoms with Gasteiger partial charge in [0, 0.05) is 16.8 Å². The van der Waals surface area contributed by atoms with Crippen molar-refractivity contribution in [1.29, 1.82) is 5.26 Å². The zero-order valence-electron chi connectivity index (χ0n) is 10.4. The zero-order valence-corrected chi connectivity index (χ0v) is 10.4. The molecule has 3 rings (SSSR count). The van der Waals surface area contributed by atoms with E-state index < -0.39 is 0 Å². The molecular weight excluding hydrogens is 252 g/mol. The number of nitrogens with zero attached hydrogens (tertiary/aromatic N) is 3. The highest BCUT2D eigenvalue weighted by molar-refractivity contribution is 5.62.